The summed E-state index contributed by atoms with van der Waals surface area (Å²) in [6.45, 7) is 1.97. The molecule has 0 fully saturated rings. The maximum absolute atomic E-state index is 12.2. The molecule has 0 aliphatic carbocycles. The number of ether oxygens (including phenoxy) is 1. The molecule has 0 amide bonds. The number of hydrogen-bond donors (Lipinski definition) is 1. The Balaban J connectivity index is 1.75. The summed E-state index contributed by atoms with van der Waals surface area (Å²) in [5.41, 5.74) is 3.27. The monoisotopic (exact) mass is 359 g/mol. The fourth-order valence-electron chi connectivity index (χ4n) is 2.62. The lowest BCUT2D eigenvalue weighted by Gasteiger charge is -2.28. The van der Waals surface area contributed by atoms with Gasteiger partial charge in [-0.1, -0.05) is 24.3 Å². The summed E-state index contributed by atoms with van der Waals surface area (Å²) < 4.78 is 40.6. The standard InChI is InChI=1S/C19H16F3N3O/c1-13-10-18(15-4-2-14(11-23)3-5-15)24-12-25(13)16-6-8-17(9-7-16)26-19(20,21)22/h2-13,23H,1H3. The molecule has 1 unspecified atom stereocenters. The summed E-state index contributed by atoms with van der Waals surface area (Å²) in [6.07, 6.45) is 0.203. The molecule has 7 heteroatoms. The number of rotatable bonds is 4. The second-order valence-electron chi connectivity index (χ2n) is 5.75. The molecule has 2 aromatic rings. The van der Waals surface area contributed by atoms with Crippen molar-refractivity contribution < 1.29 is 17.9 Å². The summed E-state index contributed by atoms with van der Waals surface area (Å²) in [6, 6.07) is 13.1. The summed E-state index contributed by atoms with van der Waals surface area (Å²) in [5.74, 6) is -0.259. The van der Waals surface area contributed by atoms with Crippen molar-refractivity contribution in [2.75, 3.05) is 4.90 Å². The van der Waals surface area contributed by atoms with Crippen LogP contribution >= 0.6 is 0 Å². The third-order valence-corrected chi connectivity index (χ3v) is 3.90. The molecule has 0 bridgehead atoms. The zero-order valence-electron chi connectivity index (χ0n) is 13.9. The predicted octanol–water partition coefficient (Wildman–Crippen LogP) is 4.86. The van der Waals surface area contributed by atoms with E-state index in [1.807, 2.05) is 42.2 Å². The Morgan fingerprint density at radius 3 is 2.27 bits per heavy atom. The van der Waals surface area contributed by atoms with Crippen molar-refractivity contribution in [1.82, 2.24) is 0 Å². The van der Waals surface area contributed by atoms with Crippen LogP contribution in [0.1, 0.15) is 18.1 Å². The van der Waals surface area contributed by atoms with Gasteiger partial charge < -0.3 is 15.0 Å². The average Bonchev–Trinajstić information content (AvgIpc) is 2.61. The van der Waals surface area contributed by atoms with E-state index in [4.69, 9.17) is 5.41 Å². The van der Waals surface area contributed by atoms with Gasteiger partial charge in [0.25, 0.3) is 0 Å². The van der Waals surface area contributed by atoms with Crippen molar-refractivity contribution in [2.45, 2.75) is 19.3 Å². The first-order chi connectivity index (χ1) is 12.4. The van der Waals surface area contributed by atoms with Gasteiger partial charge in [0.1, 0.15) is 5.75 Å². The Kier molecular flexibility index (Phi) is 4.79. The Morgan fingerprint density at radius 1 is 1.08 bits per heavy atom. The second-order valence-corrected chi connectivity index (χ2v) is 5.75. The van der Waals surface area contributed by atoms with Crippen LogP contribution < -0.4 is 9.64 Å². The van der Waals surface area contributed by atoms with Crippen molar-refractivity contribution in [3.05, 3.63) is 65.7 Å². The summed E-state index contributed by atoms with van der Waals surface area (Å²) in [4.78, 5) is 6.29. The Bertz CT molecular complexity index is 840. The molecular weight excluding hydrogens is 343 g/mol. The van der Waals surface area contributed by atoms with Gasteiger partial charge in [0.05, 0.1) is 18.1 Å². The topological polar surface area (TPSA) is 48.7 Å². The summed E-state index contributed by atoms with van der Waals surface area (Å²) >= 11 is 0. The fraction of sp³-hybridized carbons (Fsp3) is 0.158. The maximum Gasteiger partial charge on any atom is 0.573 e. The third-order valence-electron chi connectivity index (χ3n) is 3.90. The minimum absolute atomic E-state index is 0.0284. The Hall–Kier alpha value is -3.09. The molecule has 3 rings (SSSR count). The average molecular weight is 359 g/mol. The molecule has 1 aliphatic heterocycles. The molecule has 1 atom stereocenters. The third kappa shape index (κ3) is 4.11. The number of hydrogen-bond acceptors (Lipinski definition) is 4. The number of nitrogens with zero attached hydrogens (tertiary/aromatic N) is 2. The number of anilines is 1. The van der Waals surface area contributed by atoms with Crippen molar-refractivity contribution in [3.63, 3.8) is 0 Å². The van der Waals surface area contributed by atoms with Crippen molar-refractivity contribution in [1.29, 1.82) is 5.41 Å². The molecule has 0 saturated carbocycles. The molecule has 2 aromatic carbocycles. The largest absolute Gasteiger partial charge is 0.573 e. The molecule has 0 spiro atoms. The van der Waals surface area contributed by atoms with Gasteiger partial charge in [0.2, 0.25) is 0 Å². The van der Waals surface area contributed by atoms with Crippen LogP contribution in [0.5, 0.6) is 5.75 Å². The molecule has 1 aliphatic rings. The maximum atomic E-state index is 12.2. The molecule has 26 heavy (non-hydrogen) atoms. The molecular formula is C19H16F3N3O. The zero-order valence-corrected chi connectivity index (χ0v) is 13.9. The normalized spacial score (nSPS) is 17.0. The molecule has 1 heterocycles. The minimum Gasteiger partial charge on any atom is -0.406 e. The van der Waals surface area contributed by atoms with Gasteiger partial charge in [0, 0.05) is 11.9 Å². The van der Waals surface area contributed by atoms with Crippen LogP contribution in [0, 0.1) is 5.41 Å². The smallest absolute Gasteiger partial charge is 0.406 e. The van der Waals surface area contributed by atoms with E-state index >= 15 is 0 Å². The Morgan fingerprint density at radius 2 is 1.73 bits per heavy atom. The van der Waals surface area contributed by atoms with E-state index in [1.54, 1.807) is 18.5 Å². The van der Waals surface area contributed by atoms with Gasteiger partial charge in [-0.25, -0.2) is 4.99 Å². The van der Waals surface area contributed by atoms with Crippen LogP contribution in [-0.4, -0.2) is 25.0 Å². The highest BCUT2D eigenvalue weighted by atomic mass is 19.4. The summed E-state index contributed by atoms with van der Waals surface area (Å²) in [7, 11) is 0. The van der Waals surface area contributed by atoms with E-state index < -0.39 is 6.36 Å². The lowest BCUT2D eigenvalue weighted by atomic mass is 10.1. The number of nitrogens with one attached hydrogen (secondary N) is 1. The number of halogens is 3. The number of benzene rings is 2. The van der Waals surface area contributed by atoms with Crippen LogP contribution in [-0.2, 0) is 0 Å². The van der Waals surface area contributed by atoms with E-state index in [0.29, 0.717) is 5.69 Å². The van der Waals surface area contributed by atoms with Crippen LogP contribution in [0.25, 0.3) is 5.70 Å². The number of aliphatic imine (C=N–C) groups is 1. The van der Waals surface area contributed by atoms with Gasteiger partial charge in [-0.3, -0.25) is 0 Å². The highest BCUT2D eigenvalue weighted by Gasteiger charge is 2.31. The first-order valence-corrected chi connectivity index (χ1v) is 7.87. The fourth-order valence-corrected chi connectivity index (χ4v) is 2.62. The molecule has 134 valence electrons. The lowest BCUT2D eigenvalue weighted by molar-refractivity contribution is -0.274. The van der Waals surface area contributed by atoms with Crippen LogP contribution in [0.4, 0.5) is 18.9 Å². The number of alkyl halides is 3. The molecule has 0 saturated heterocycles. The van der Waals surface area contributed by atoms with Crippen LogP contribution in [0.15, 0.2) is 59.6 Å². The van der Waals surface area contributed by atoms with Gasteiger partial charge in [0.15, 0.2) is 0 Å². The highest BCUT2D eigenvalue weighted by molar-refractivity contribution is 5.89. The minimum atomic E-state index is -4.70. The van der Waals surface area contributed by atoms with Crippen molar-refractivity contribution >= 4 is 23.9 Å². The summed E-state index contributed by atoms with van der Waals surface area (Å²) in [5, 5.41) is 7.23. The SMILES string of the molecule is CC1C=C(c2ccc(C=N)cc2)N=CN1c1ccc(OC(F)(F)F)cc1. The van der Waals surface area contributed by atoms with Crippen LogP contribution in [0.3, 0.4) is 0 Å². The van der Waals surface area contributed by atoms with Gasteiger partial charge in [-0.2, -0.15) is 0 Å². The van der Waals surface area contributed by atoms with E-state index in [2.05, 4.69) is 9.73 Å². The molecule has 1 N–H and O–H groups in total. The second kappa shape index (κ2) is 7.03. The molecule has 4 nitrogen and oxygen atoms in total. The highest BCUT2D eigenvalue weighted by Crippen LogP contribution is 2.28. The zero-order chi connectivity index (χ0) is 18.7. The Labute approximate surface area is 148 Å². The van der Waals surface area contributed by atoms with Gasteiger partial charge in [-0.15, -0.1) is 13.2 Å². The van der Waals surface area contributed by atoms with E-state index in [0.717, 1.165) is 16.8 Å². The van der Waals surface area contributed by atoms with E-state index in [-0.39, 0.29) is 11.8 Å². The van der Waals surface area contributed by atoms with Crippen LogP contribution in [0.2, 0.25) is 0 Å². The van der Waals surface area contributed by atoms with Crippen molar-refractivity contribution in [2.24, 2.45) is 4.99 Å². The van der Waals surface area contributed by atoms with Crippen molar-refractivity contribution in [3.8, 4) is 5.75 Å². The van der Waals surface area contributed by atoms with Gasteiger partial charge in [-0.05, 0) is 48.4 Å². The molecule has 0 radical (unpaired) electrons. The van der Waals surface area contributed by atoms with E-state index in [9.17, 15) is 13.2 Å². The lowest BCUT2D eigenvalue weighted by Crippen LogP contribution is -2.32. The quantitative estimate of drug-likeness (QED) is 0.793. The predicted molar refractivity (Wildman–Crippen MR) is 95.9 cm³/mol. The van der Waals surface area contributed by atoms with E-state index in [1.165, 1.54) is 18.3 Å². The first-order valence-electron chi connectivity index (χ1n) is 7.87. The molecule has 0 aromatic heterocycles. The van der Waals surface area contributed by atoms with Gasteiger partial charge >= 0.3 is 6.36 Å². The first kappa shape index (κ1) is 17.7.